The molecule has 3 rings (SSSR count). The van der Waals surface area contributed by atoms with Crippen LogP contribution in [0.1, 0.15) is 27.0 Å². The number of nitriles is 1. The highest BCUT2D eigenvalue weighted by Gasteiger charge is 2.13. The zero-order valence-corrected chi connectivity index (χ0v) is 18.9. The van der Waals surface area contributed by atoms with Crippen molar-refractivity contribution in [3.63, 3.8) is 0 Å². The van der Waals surface area contributed by atoms with Gasteiger partial charge in [0.1, 0.15) is 17.2 Å². The molecule has 0 amide bonds. The molecule has 0 aliphatic rings. The maximum atomic E-state index is 12.6. The number of esters is 2. The summed E-state index contributed by atoms with van der Waals surface area (Å²) >= 11 is 0. The first kappa shape index (κ1) is 24.8. The summed E-state index contributed by atoms with van der Waals surface area (Å²) in [6.45, 7) is 6.88. The minimum absolute atomic E-state index is 0.0969. The largest absolute Gasteiger partial charge is 0.466 e. The molecule has 3 aromatic carbocycles. The molecule has 0 aromatic heterocycles. The summed E-state index contributed by atoms with van der Waals surface area (Å²) in [7, 11) is 0. The fraction of sp³-hybridized carbons (Fsp3) is 0.107. The molecule has 0 aliphatic carbocycles. The zero-order chi connectivity index (χ0) is 25.0. The minimum atomic E-state index is -0.597. The quantitative estimate of drug-likeness (QED) is 0.0957. The van der Waals surface area contributed by atoms with Gasteiger partial charge in [-0.1, -0.05) is 31.4 Å². The molecule has 3 aromatic rings. The standard InChI is InChI=1S/C28H23NO6/c1-3-27(30)34-25-13-15-26(16-14-25)35-28(31)22-10-9-21(23(17-22)18-29)8-5-20-6-11-24(12-7-20)33-19-32-4-2/h3-4,6-7,9-17H,1-2,5,8,19H2. The van der Waals surface area contributed by atoms with Crippen LogP contribution >= 0.6 is 0 Å². The Morgan fingerprint density at radius 3 is 2.14 bits per heavy atom. The number of aryl methyl sites for hydroxylation is 2. The number of ether oxygens (including phenoxy) is 4. The van der Waals surface area contributed by atoms with E-state index in [1.165, 1.54) is 36.6 Å². The van der Waals surface area contributed by atoms with Crippen LogP contribution in [-0.2, 0) is 22.4 Å². The molecule has 7 nitrogen and oxygen atoms in total. The molecule has 0 saturated heterocycles. The lowest BCUT2D eigenvalue weighted by atomic mass is 9.98. The highest BCUT2D eigenvalue weighted by atomic mass is 16.7. The minimum Gasteiger partial charge on any atom is -0.466 e. The number of hydrogen-bond donors (Lipinski definition) is 0. The predicted octanol–water partition coefficient (Wildman–Crippen LogP) is 5.15. The Labute approximate surface area is 203 Å². The zero-order valence-electron chi connectivity index (χ0n) is 18.9. The molecule has 176 valence electrons. The second-order valence-electron chi connectivity index (χ2n) is 7.21. The lowest BCUT2D eigenvalue weighted by Crippen LogP contribution is -2.09. The molecular formula is C28H23NO6. The molecule has 0 bridgehead atoms. The van der Waals surface area contributed by atoms with E-state index in [9.17, 15) is 14.9 Å². The van der Waals surface area contributed by atoms with Crippen LogP contribution < -0.4 is 14.2 Å². The van der Waals surface area contributed by atoms with E-state index >= 15 is 0 Å². The molecule has 0 aliphatic heterocycles. The van der Waals surface area contributed by atoms with Gasteiger partial charge in [-0.2, -0.15) is 5.26 Å². The Bertz CT molecular complexity index is 1240. The maximum absolute atomic E-state index is 12.6. The van der Waals surface area contributed by atoms with E-state index < -0.39 is 11.9 Å². The third kappa shape index (κ3) is 7.34. The number of carbonyl (C=O) groups excluding carboxylic acids is 2. The first-order valence-corrected chi connectivity index (χ1v) is 10.7. The molecule has 0 unspecified atom stereocenters. The van der Waals surface area contributed by atoms with Crippen molar-refractivity contribution in [3.8, 4) is 23.3 Å². The normalized spacial score (nSPS) is 9.91. The second kappa shape index (κ2) is 12.4. The van der Waals surface area contributed by atoms with Gasteiger partial charge in [-0.25, -0.2) is 9.59 Å². The summed E-state index contributed by atoms with van der Waals surface area (Å²) in [5.74, 6) is 0.0805. The third-order valence-corrected chi connectivity index (χ3v) is 4.90. The van der Waals surface area contributed by atoms with Crippen LogP contribution in [0.25, 0.3) is 0 Å². The summed E-state index contributed by atoms with van der Waals surface area (Å²) < 4.78 is 20.7. The summed E-state index contributed by atoms with van der Waals surface area (Å²) in [5.41, 5.74) is 2.58. The van der Waals surface area contributed by atoms with Crippen LogP contribution in [0.4, 0.5) is 0 Å². The molecular weight excluding hydrogens is 446 g/mol. The topological polar surface area (TPSA) is 94.8 Å². The third-order valence-electron chi connectivity index (χ3n) is 4.90. The Morgan fingerprint density at radius 2 is 1.51 bits per heavy atom. The predicted molar refractivity (Wildman–Crippen MR) is 129 cm³/mol. The van der Waals surface area contributed by atoms with Gasteiger partial charge >= 0.3 is 11.9 Å². The Balaban J connectivity index is 1.60. The van der Waals surface area contributed by atoms with E-state index in [-0.39, 0.29) is 18.1 Å². The molecule has 0 atom stereocenters. The van der Waals surface area contributed by atoms with Gasteiger partial charge in [-0.05, 0) is 72.5 Å². The maximum Gasteiger partial charge on any atom is 0.343 e. The average molecular weight is 469 g/mol. The van der Waals surface area contributed by atoms with Crippen LogP contribution in [-0.4, -0.2) is 18.7 Å². The summed E-state index contributed by atoms with van der Waals surface area (Å²) in [6.07, 6.45) is 3.71. The van der Waals surface area contributed by atoms with Crippen LogP contribution in [0.15, 0.2) is 92.2 Å². The molecule has 0 radical (unpaired) electrons. The Morgan fingerprint density at radius 1 is 0.857 bits per heavy atom. The van der Waals surface area contributed by atoms with Gasteiger partial charge in [0.2, 0.25) is 6.79 Å². The van der Waals surface area contributed by atoms with E-state index in [0.29, 0.717) is 29.9 Å². The monoisotopic (exact) mass is 469 g/mol. The lowest BCUT2D eigenvalue weighted by molar-refractivity contribution is -0.128. The first-order valence-electron chi connectivity index (χ1n) is 10.7. The van der Waals surface area contributed by atoms with Crippen LogP contribution in [0.5, 0.6) is 17.2 Å². The van der Waals surface area contributed by atoms with Gasteiger partial charge in [0.15, 0.2) is 0 Å². The Kier molecular flexibility index (Phi) is 8.80. The summed E-state index contributed by atoms with van der Waals surface area (Å²) in [6, 6.07) is 20.7. The van der Waals surface area contributed by atoms with Gasteiger partial charge in [0.05, 0.1) is 23.5 Å². The van der Waals surface area contributed by atoms with Crippen LogP contribution in [0, 0.1) is 11.3 Å². The van der Waals surface area contributed by atoms with Crippen molar-refractivity contribution < 1.29 is 28.5 Å². The summed E-state index contributed by atoms with van der Waals surface area (Å²) in [4.78, 5) is 23.8. The fourth-order valence-corrected chi connectivity index (χ4v) is 3.11. The van der Waals surface area contributed by atoms with Crippen molar-refractivity contribution in [2.24, 2.45) is 0 Å². The van der Waals surface area contributed by atoms with Gasteiger partial charge < -0.3 is 18.9 Å². The van der Waals surface area contributed by atoms with Gasteiger partial charge in [-0.3, -0.25) is 0 Å². The molecule has 0 spiro atoms. The van der Waals surface area contributed by atoms with Crippen molar-refractivity contribution in [1.82, 2.24) is 0 Å². The van der Waals surface area contributed by atoms with Gasteiger partial charge in [0, 0.05) is 6.08 Å². The molecule has 0 N–H and O–H groups in total. The number of carbonyl (C=O) groups is 2. The molecule has 35 heavy (non-hydrogen) atoms. The molecule has 0 heterocycles. The van der Waals surface area contributed by atoms with Crippen LogP contribution in [0.3, 0.4) is 0 Å². The fourth-order valence-electron chi connectivity index (χ4n) is 3.11. The van der Waals surface area contributed by atoms with E-state index in [1.54, 1.807) is 12.1 Å². The van der Waals surface area contributed by atoms with Gasteiger partial charge in [-0.15, -0.1) is 0 Å². The Hall–Kier alpha value is -4.83. The molecule has 0 fully saturated rings. The number of nitrogens with zero attached hydrogens (tertiary/aromatic N) is 1. The van der Waals surface area contributed by atoms with E-state index in [2.05, 4.69) is 19.2 Å². The lowest BCUT2D eigenvalue weighted by Gasteiger charge is -2.09. The molecule has 0 saturated carbocycles. The van der Waals surface area contributed by atoms with Gasteiger partial charge in [0.25, 0.3) is 0 Å². The first-order chi connectivity index (χ1) is 17.0. The highest BCUT2D eigenvalue weighted by Crippen LogP contribution is 2.21. The van der Waals surface area contributed by atoms with Crippen molar-refractivity contribution in [3.05, 3.63) is 114 Å². The molecule has 7 heteroatoms. The van der Waals surface area contributed by atoms with Crippen molar-refractivity contribution in [2.45, 2.75) is 12.8 Å². The van der Waals surface area contributed by atoms with E-state index in [4.69, 9.17) is 18.9 Å². The van der Waals surface area contributed by atoms with Crippen molar-refractivity contribution >= 4 is 11.9 Å². The van der Waals surface area contributed by atoms with Crippen molar-refractivity contribution in [2.75, 3.05) is 6.79 Å². The number of rotatable bonds is 11. The summed E-state index contributed by atoms with van der Waals surface area (Å²) in [5, 5.41) is 9.59. The van der Waals surface area contributed by atoms with E-state index in [1.807, 2.05) is 24.3 Å². The average Bonchev–Trinajstić information content (AvgIpc) is 2.89. The highest BCUT2D eigenvalue weighted by molar-refractivity contribution is 5.91. The second-order valence-corrected chi connectivity index (χ2v) is 7.21. The van der Waals surface area contributed by atoms with Crippen molar-refractivity contribution in [1.29, 1.82) is 5.26 Å². The van der Waals surface area contributed by atoms with Crippen LogP contribution in [0.2, 0.25) is 0 Å². The smallest absolute Gasteiger partial charge is 0.343 e. The number of benzene rings is 3. The number of hydrogen-bond acceptors (Lipinski definition) is 7. The van der Waals surface area contributed by atoms with E-state index in [0.717, 1.165) is 17.2 Å². The SMILES string of the molecule is C=COCOc1ccc(CCc2ccc(C(=O)Oc3ccc(OC(=O)C=C)cc3)cc2C#N)cc1.